The van der Waals surface area contributed by atoms with E-state index >= 15 is 0 Å². The highest BCUT2D eigenvalue weighted by atomic mass is 16.7. The van der Waals surface area contributed by atoms with E-state index in [2.05, 4.69) is 26.0 Å². The summed E-state index contributed by atoms with van der Waals surface area (Å²) in [6, 6.07) is 0. The van der Waals surface area contributed by atoms with Crippen LogP contribution >= 0.6 is 0 Å². The van der Waals surface area contributed by atoms with E-state index in [1.165, 1.54) is 154 Å². The lowest BCUT2D eigenvalue weighted by atomic mass is 10.0. The van der Waals surface area contributed by atoms with E-state index in [1.54, 1.807) is 0 Å². The van der Waals surface area contributed by atoms with E-state index in [-0.39, 0.29) is 18.5 Å². The fourth-order valence-corrected chi connectivity index (χ4v) is 7.07. The molecule has 3 atom stereocenters. The zero-order valence-corrected chi connectivity index (χ0v) is 33.3. The van der Waals surface area contributed by atoms with Crippen molar-refractivity contribution < 1.29 is 28.8 Å². The van der Waals surface area contributed by atoms with Crippen LogP contribution in [0.1, 0.15) is 226 Å². The molecule has 0 aromatic carbocycles. The first-order valence-corrected chi connectivity index (χ1v) is 22.0. The molecule has 6 nitrogen and oxygen atoms in total. The topological polar surface area (TPSA) is 74.2 Å². The predicted octanol–water partition coefficient (Wildman–Crippen LogP) is 14.3. The minimum atomic E-state index is -1.19. The van der Waals surface area contributed by atoms with Crippen LogP contribution < -0.4 is 0 Å². The molecule has 296 valence electrons. The van der Waals surface area contributed by atoms with Gasteiger partial charge >= 0.3 is 6.16 Å². The Morgan fingerprint density at radius 3 is 1.68 bits per heavy atom. The second-order valence-electron chi connectivity index (χ2n) is 15.2. The van der Waals surface area contributed by atoms with Gasteiger partial charge in [0.2, 0.25) is 0 Å². The smallest absolute Gasteiger partial charge is 0.450 e. The summed E-state index contributed by atoms with van der Waals surface area (Å²) in [7, 11) is 0. The molecule has 1 heterocycles. The summed E-state index contributed by atoms with van der Waals surface area (Å²) < 4.78 is 23.1. The normalized spacial score (nSPS) is 16.2. The molecule has 1 saturated heterocycles. The summed E-state index contributed by atoms with van der Waals surface area (Å²) in [6.45, 7) is 6.48. The van der Waals surface area contributed by atoms with Gasteiger partial charge in [0.15, 0.2) is 6.29 Å². The first-order valence-electron chi connectivity index (χ1n) is 22.0. The second kappa shape index (κ2) is 37.6. The van der Waals surface area contributed by atoms with Crippen molar-refractivity contribution in [3.8, 4) is 0 Å². The Labute approximate surface area is 310 Å². The molecule has 6 heteroatoms. The fourth-order valence-electron chi connectivity index (χ4n) is 7.07. The molecule has 1 N–H and O–H groups in total. The molecule has 1 rings (SSSR count). The summed E-state index contributed by atoms with van der Waals surface area (Å²) in [4.78, 5) is 11.2. The molecule has 0 bridgehead atoms. The standard InChI is InChI=1S/C44H84O6/c1-3-5-7-9-10-11-12-13-14-15-16-17-21-24-27-32-38-47-40-42(50-44(45)46)36-30-26-23-20-18-19-22-25-29-35-41(34-28-8-6-4-2)49-43-37-31-33-39-48-43/h25,29,41-43H,3-24,26-28,30-40H2,1-2H3,(H,45,46)/b29-25-. The second-order valence-corrected chi connectivity index (χ2v) is 15.2. The summed E-state index contributed by atoms with van der Waals surface area (Å²) in [6.07, 6.45) is 44.7. The van der Waals surface area contributed by atoms with Crippen LogP contribution in [0, 0.1) is 0 Å². The van der Waals surface area contributed by atoms with Gasteiger partial charge in [-0.3, -0.25) is 0 Å². The Hall–Kier alpha value is -1.11. The summed E-state index contributed by atoms with van der Waals surface area (Å²) in [5.41, 5.74) is 0. The average Bonchev–Trinajstić information content (AvgIpc) is 3.11. The summed E-state index contributed by atoms with van der Waals surface area (Å²) in [5, 5.41) is 9.16. The number of hydrogen-bond acceptors (Lipinski definition) is 5. The van der Waals surface area contributed by atoms with Crippen molar-refractivity contribution in [3.63, 3.8) is 0 Å². The van der Waals surface area contributed by atoms with Crippen LogP contribution in [0.3, 0.4) is 0 Å². The van der Waals surface area contributed by atoms with Gasteiger partial charge < -0.3 is 24.1 Å². The molecular weight excluding hydrogens is 624 g/mol. The summed E-state index contributed by atoms with van der Waals surface area (Å²) in [5.74, 6) is 0. The first-order chi connectivity index (χ1) is 24.7. The molecule has 3 unspecified atom stereocenters. The number of unbranched alkanes of at least 4 members (excludes halogenated alkanes) is 24. The van der Waals surface area contributed by atoms with Crippen molar-refractivity contribution in [1.29, 1.82) is 0 Å². The lowest BCUT2D eigenvalue weighted by Gasteiger charge is -2.27. The third kappa shape index (κ3) is 32.8. The van der Waals surface area contributed by atoms with Crippen molar-refractivity contribution in [1.82, 2.24) is 0 Å². The number of ether oxygens (including phenoxy) is 4. The van der Waals surface area contributed by atoms with Gasteiger partial charge in [0.1, 0.15) is 6.10 Å². The van der Waals surface area contributed by atoms with E-state index < -0.39 is 6.16 Å². The van der Waals surface area contributed by atoms with E-state index in [1.807, 2.05) is 0 Å². The van der Waals surface area contributed by atoms with Crippen LogP contribution in [-0.2, 0) is 18.9 Å². The maximum Gasteiger partial charge on any atom is 0.506 e. The number of carbonyl (C=O) groups is 1. The van der Waals surface area contributed by atoms with Gasteiger partial charge in [-0.05, 0) is 64.2 Å². The maximum absolute atomic E-state index is 11.2. The van der Waals surface area contributed by atoms with Crippen LogP contribution in [0.25, 0.3) is 0 Å². The van der Waals surface area contributed by atoms with Crippen molar-refractivity contribution >= 4 is 6.16 Å². The molecule has 0 aromatic rings. The average molecular weight is 709 g/mol. The lowest BCUT2D eigenvalue weighted by Crippen LogP contribution is -2.27. The number of allylic oxidation sites excluding steroid dienone is 1. The zero-order chi connectivity index (χ0) is 36.0. The van der Waals surface area contributed by atoms with E-state index in [0.717, 1.165) is 64.4 Å². The van der Waals surface area contributed by atoms with Gasteiger partial charge in [0.05, 0.1) is 12.7 Å². The van der Waals surface area contributed by atoms with E-state index in [4.69, 9.17) is 24.1 Å². The zero-order valence-electron chi connectivity index (χ0n) is 33.3. The minimum Gasteiger partial charge on any atom is -0.450 e. The largest absolute Gasteiger partial charge is 0.506 e. The van der Waals surface area contributed by atoms with Gasteiger partial charge in [-0.1, -0.05) is 174 Å². The van der Waals surface area contributed by atoms with Crippen molar-refractivity contribution in [2.45, 2.75) is 244 Å². The molecule has 0 aliphatic carbocycles. The van der Waals surface area contributed by atoms with Gasteiger partial charge in [-0.25, -0.2) is 4.79 Å². The highest BCUT2D eigenvalue weighted by molar-refractivity contribution is 5.57. The minimum absolute atomic E-state index is 0.000335. The first kappa shape index (κ1) is 46.9. The molecule has 0 aromatic heterocycles. The molecule has 1 fully saturated rings. The summed E-state index contributed by atoms with van der Waals surface area (Å²) >= 11 is 0. The van der Waals surface area contributed by atoms with Crippen molar-refractivity contribution in [2.24, 2.45) is 0 Å². The molecule has 0 amide bonds. The third-order valence-corrected chi connectivity index (χ3v) is 10.3. The highest BCUT2D eigenvalue weighted by Gasteiger charge is 2.19. The number of rotatable bonds is 38. The number of hydrogen-bond donors (Lipinski definition) is 1. The fraction of sp³-hybridized carbons (Fsp3) is 0.932. The van der Waals surface area contributed by atoms with E-state index in [9.17, 15) is 4.79 Å². The molecule has 0 saturated carbocycles. The monoisotopic (exact) mass is 709 g/mol. The van der Waals surface area contributed by atoms with Gasteiger partial charge in [0, 0.05) is 13.2 Å². The lowest BCUT2D eigenvalue weighted by molar-refractivity contribution is -0.188. The Morgan fingerprint density at radius 1 is 0.640 bits per heavy atom. The van der Waals surface area contributed by atoms with Crippen LogP contribution in [-0.4, -0.2) is 49.6 Å². The quantitative estimate of drug-likeness (QED) is 0.0391. The predicted molar refractivity (Wildman–Crippen MR) is 211 cm³/mol. The van der Waals surface area contributed by atoms with E-state index in [0.29, 0.717) is 13.2 Å². The highest BCUT2D eigenvalue weighted by Crippen LogP contribution is 2.21. The Balaban J connectivity index is 1.98. The van der Waals surface area contributed by atoms with Gasteiger partial charge in [0.25, 0.3) is 0 Å². The molecule has 50 heavy (non-hydrogen) atoms. The molecule has 1 aliphatic rings. The van der Waals surface area contributed by atoms with Crippen LogP contribution in [0.5, 0.6) is 0 Å². The SMILES string of the molecule is CCCCCCCCCCCCCCCCCCOCC(CCCCCCCC/C=C\CC(CCCCCC)OC1CCCCO1)OC(=O)O. The Kier molecular flexibility index (Phi) is 35.3. The number of carboxylic acid groups (broad SMARTS) is 1. The Morgan fingerprint density at radius 2 is 1.14 bits per heavy atom. The van der Waals surface area contributed by atoms with Crippen molar-refractivity contribution in [2.75, 3.05) is 19.8 Å². The van der Waals surface area contributed by atoms with Crippen LogP contribution in [0.4, 0.5) is 4.79 Å². The van der Waals surface area contributed by atoms with Crippen LogP contribution in [0.2, 0.25) is 0 Å². The van der Waals surface area contributed by atoms with Crippen molar-refractivity contribution in [3.05, 3.63) is 12.2 Å². The maximum atomic E-state index is 11.2. The van der Waals surface area contributed by atoms with Gasteiger partial charge in [-0.15, -0.1) is 0 Å². The molecule has 0 spiro atoms. The molecular formula is C44H84O6. The van der Waals surface area contributed by atoms with Crippen LogP contribution in [0.15, 0.2) is 12.2 Å². The molecule has 1 aliphatic heterocycles. The van der Waals surface area contributed by atoms with Gasteiger partial charge in [-0.2, -0.15) is 0 Å². The Bertz CT molecular complexity index is 721. The third-order valence-electron chi connectivity index (χ3n) is 10.3. The molecule has 0 radical (unpaired) electrons.